The number of esters is 1. The molecule has 0 aromatic heterocycles. The standard InChI is InChI=1S/C15H22O4/c1-5-10-18-12-6-8-13(9-7-12)19-11-15(2,3)14(16)17-4/h6-9H,5,10-11H2,1-4H3. The number of hydrogen-bond acceptors (Lipinski definition) is 4. The fourth-order valence-electron chi connectivity index (χ4n) is 1.45. The Hall–Kier alpha value is -1.71. The summed E-state index contributed by atoms with van der Waals surface area (Å²) < 4.78 is 15.8. The molecule has 0 heterocycles. The summed E-state index contributed by atoms with van der Waals surface area (Å²) in [4.78, 5) is 11.5. The van der Waals surface area contributed by atoms with Crippen molar-refractivity contribution in [2.75, 3.05) is 20.3 Å². The van der Waals surface area contributed by atoms with Crippen molar-refractivity contribution in [3.63, 3.8) is 0 Å². The largest absolute Gasteiger partial charge is 0.494 e. The smallest absolute Gasteiger partial charge is 0.314 e. The van der Waals surface area contributed by atoms with E-state index in [2.05, 4.69) is 6.92 Å². The molecule has 0 aliphatic rings. The molecule has 4 heteroatoms. The molecule has 1 rings (SSSR count). The first-order valence-electron chi connectivity index (χ1n) is 6.43. The summed E-state index contributed by atoms with van der Waals surface area (Å²) >= 11 is 0. The lowest BCUT2D eigenvalue weighted by Crippen LogP contribution is -2.32. The van der Waals surface area contributed by atoms with Crippen LogP contribution in [-0.2, 0) is 9.53 Å². The highest BCUT2D eigenvalue weighted by molar-refractivity contribution is 5.75. The lowest BCUT2D eigenvalue weighted by Gasteiger charge is -2.21. The zero-order valence-electron chi connectivity index (χ0n) is 12.1. The second kappa shape index (κ2) is 7.02. The minimum absolute atomic E-state index is 0.273. The fraction of sp³-hybridized carbons (Fsp3) is 0.533. The van der Waals surface area contributed by atoms with Gasteiger partial charge in [-0.25, -0.2) is 0 Å². The van der Waals surface area contributed by atoms with Gasteiger partial charge in [0.05, 0.1) is 19.1 Å². The van der Waals surface area contributed by atoms with Gasteiger partial charge >= 0.3 is 5.97 Å². The molecule has 0 amide bonds. The van der Waals surface area contributed by atoms with Gasteiger partial charge in [0.25, 0.3) is 0 Å². The van der Waals surface area contributed by atoms with Gasteiger partial charge < -0.3 is 14.2 Å². The number of rotatable bonds is 7. The molecule has 19 heavy (non-hydrogen) atoms. The SMILES string of the molecule is CCCOc1ccc(OCC(C)(C)C(=O)OC)cc1. The summed E-state index contributed by atoms with van der Waals surface area (Å²) in [6.45, 7) is 6.62. The molecule has 4 nitrogen and oxygen atoms in total. The first-order valence-corrected chi connectivity index (χ1v) is 6.43. The highest BCUT2D eigenvalue weighted by Gasteiger charge is 2.29. The van der Waals surface area contributed by atoms with E-state index in [9.17, 15) is 4.79 Å². The average Bonchev–Trinajstić information content (AvgIpc) is 2.43. The van der Waals surface area contributed by atoms with Gasteiger partial charge in [-0.2, -0.15) is 0 Å². The number of methoxy groups -OCH3 is 1. The summed E-state index contributed by atoms with van der Waals surface area (Å²) in [6.07, 6.45) is 0.978. The second-order valence-electron chi connectivity index (χ2n) is 4.98. The van der Waals surface area contributed by atoms with E-state index in [-0.39, 0.29) is 12.6 Å². The van der Waals surface area contributed by atoms with Crippen molar-refractivity contribution in [3.05, 3.63) is 24.3 Å². The zero-order chi connectivity index (χ0) is 14.3. The number of hydrogen-bond donors (Lipinski definition) is 0. The van der Waals surface area contributed by atoms with E-state index in [1.54, 1.807) is 13.8 Å². The van der Waals surface area contributed by atoms with Crippen molar-refractivity contribution in [1.29, 1.82) is 0 Å². The number of benzene rings is 1. The fourth-order valence-corrected chi connectivity index (χ4v) is 1.45. The Morgan fingerprint density at radius 1 is 1.11 bits per heavy atom. The van der Waals surface area contributed by atoms with Crippen LogP contribution in [-0.4, -0.2) is 26.3 Å². The normalized spacial score (nSPS) is 10.9. The lowest BCUT2D eigenvalue weighted by atomic mass is 9.95. The van der Waals surface area contributed by atoms with E-state index >= 15 is 0 Å². The maximum absolute atomic E-state index is 11.5. The van der Waals surface area contributed by atoms with E-state index < -0.39 is 5.41 Å². The molecule has 0 fully saturated rings. The first kappa shape index (κ1) is 15.3. The van der Waals surface area contributed by atoms with Crippen LogP contribution in [0.25, 0.3) is 0 Å². The van der Waals surface area contributed by atoms with Crippen LogP contribution < -0.4 is 9.47 Å². The molecule has 1 aromatic rings. The highest BCUT2D eigenvalue weighted by atomic mass is 16.5. The molecule has 0 saturated carbocycles. The van der Waals surface area contributed by atoms with Gasteiger partial charge in [0.15, 0.2) is 0 Å². The molecule has 0 atom stereocenters. The molecule has 0 aliphatic heterocycles. The van der Waals surface area contributed by atoms with Crippen LogP contribution >= 0.6 is 0 Å². The maximum Gasteiger partial charge on any atom is 0.314 e. The summed E-state index contributed by atoms with van der Waals surface area (Å²) in [7, 11) is 1.38. The van der Waals surface area contributed by atoms with E-state index in [1.165, 1.54) is 7.11 Å². The van der Waals surface area contributed by atoms with Crippen molar-refractivity contribution in [2.45, 2.75) is 27.2 Å². The van der Waals surface area contributed by atoms with E-state index in [0.29, 0.717) is 12.4 Å². The van der Waals surface area contributed by atoms with Crippen molar-refractivity contribution in [3.8, 4) is 11.5 Å². The third-order valence-corrected chi connectivity index (χ3v) is 2.63. The number of ether oxygens (including phenoxy) is 3. The van der Waals surface area contributed by atoms with Gasteiger partial charge in [-0.05, 0) is 44.5 Å². The molecular weight excluding hydrogens is 244 g/mol. The Balaban J connectivity index is 2.52. The molecular formula is C15H22O4. The van der Waals surface area contributed by atoms with Crippen molar-refractivity contribution in [1.82, 2.24) is 0 Å². The van der Waals surface area contributed by atoms with E-state index in [1.807, 2.05) is 24.3 Å². The van der Waals surface area contributed by atoms with Crippen molar-refractivity contribution in [2.24, 2.45) is 5.41 Å². The topological polar surface area (TPSA) is 44.8 Å². The van der Waals surface area contributed by atoms with Crippen molar-refractivity contribution < 1.29 is 19.0 Å². The quantitative estimate of drug-likeness (QED) is 0.711. The van der Waals surface area contributed by atoms with Crippen LogP contribution in [0.4, 0.5) is 0 Å². The molecule has 0 aliphatic carbocycles. The Morgan fingerprint density at radius 3 is 2.11 bits per heavy atom. The van der Waals surface area contributed by atoms with Gasteiger partial charge in [0.1, 0.15) is 18.1 Å². The van der Waals surface area contributed by atoms with Crippen LogP contribution in [0.3, 0.4) is 0 Å². The number of carbonyl (C=O) groups excluding carboxylic acids is 1. The van der Waals surface area contributed by atoms with Gasteiger partial charge in [-0.15, -0.1) is 0 Å². The Morgan fingerprint density at radius 2 is 1.63 bits per heavy atom. The zero-order valence-corrected chi connectivity index (χ0v) is 12.1. The molecule has 0 radical (unpaired) electrons. The van der Waals surface area contributed by atoms with Gasteiger partial charge in [0, 0.05) is 0 Å². The van der Waals surface area contributed by atoms with Crippen LogP contribution in [0.2, 0.25) is 0 Å². The van der Waals surface area contributed by atoms with Gasteiger partial charge in [-0.1, -0.05) is 6.92 Å². The molecule has 106 valence electrons. The Kier molecular flexibility index (Phi) is 5.67. The van der Waals surface area contributed by atoms with Crippen molar-refractivity contribution >= 4 is 5.97 Å². The summed E-state index contributed by atoms with van der Waals surface area (Å²) in [5, 5.41) is 0. The third-order valence-electron chi connectivity index (χ3n) is 2.63. The average molecular weight is 266 g/mol. The molecule has 0 bridgehead atoms. The van der Waals surface area contributed by atoms with E-state index in [0.717, 1.165) is 12.2 Å². The highest BCUT2D eigenvalue weighted by Crippen LogP contribution is 2.22. The van der Waals surface area contributed by atoms with Gasteiger partial charge in [-0.3, -0.25) is 4.79 Å². The molecule has 0 saturated heterocycles. The molecule has 0 unspecified atom stereocenters. The molecule has 1 aromatic carbocycles. The molecule has 0 spiro atoms. The second-order valence-corrected chi connectivity index (χ2v) is 4.98. The first-order chi connectivity index (χ1) is 8.99. The predicted molar refractivity (Wildman–Crippen MR) is 73.5 cm³/mol. The predicted octanol–water partition coefficient (Wildman–Crippen LogP) is 3.05. The summed E-state index contributed by atoms with van der Waals surface area (Å²) in [5.41, 5.74) is -0.661. The molecule has 0 N–H and O–H groups in total. The Labute approximate surface area is 114 Å². The lowest BCUT2D eigenvalue weighted by molar-refractivity contribution is -0.152. The summed E-state index contributed by atoms with van der Waals surface area (Å²) in [5.74, 6) is 1.25. The van der Waals surface area contributed by atoms with E-state index in [4.69, 9.17) is 14.2 Å². The minimum Gasteiger partial charge on any atom is -0.494 e. The Bertz CT molecular complexity index is 395. The maximum atomic E-state index is 11.5. The van der Waals surface area contributed by atoms with Crippen LogP contribution in [0.15, 0.2) is 24.3 Å². The summed E-state index contributed by atoms with van der Waals surface area (Å²) in [6, 6.07) is 7.38. The van der Waals surface area contributed by atoms with Crippen LogP contribution in [0.1, 0.15) is 27.2 Å². The third kappa shape index (κ3) is 4.81. The van der Waals surface area contributed by atoms with Crippen LogP contribution in [0, 0.1) is 5.41 Å². The minimum atomic E-state index is -0.661. The monoisotopic (exact) mass is 266 g/mol. The van der Waals surface area contributed by atoms with Gasteiger partial charge in [0.2, 0.25) is 0 Å². The number of carbonyl (C=O) groups is 1. The van der Waals surface area contributed by atoms with Crippen LogP contribution in [0.5, 0.6) is 11.5 Å².